The van der Waals surface area contributed by atoms with E-state index < -0.39 is 0 Å². The van der Waals surface area contributed by atoms with Crippen molar-refractivity contribution in [1.29, 1.82) is 0 Å². The van der Waals surface area contributed by atoms with Crippen molar-refractivity contribution >= 4 is 16.6 Å². The van der Waals surface area contributed by atoms with Crippen molar-refractivity contribution in [1.82, 2.24) is 4.98 Å². The van der Waals surface area contributed by atoms with E-state index in [0.29, 0.717) is 5.82 Å². The van der Waals surface area contributed by atoms with Gasteiger partial charge >= 0.3 is 0 Å². The van der Waals surface area contributed by atoms with E-state index in [-0.39, 0.29) is 0 Å². The highest BCUT2D eigenvalue weighted by molar-refractivity contribution is 5.85. The number of hydrogen-bond donors (Lipinski definition) is 1. The molecule has 0 bridgehead atoms. The van der Waals surface area contributed by atoms with Gasteiger partial charge < -0.3 is 5.73 Å². The standard InChI is InChI=1S/C16H14N2/c17-16-11-12(8-9-18-16)10-14-6-3-5-13-4-1-2-7-15(13)14/h1-9,11H,10H2,(H2,17,18). The molecule has 2 heteroatoms. The second kappa shape index (κ2) is 4.49. The third-order valence-corrected chi connectivity index (χ3v) is 3.12. The van der Waals surface area contributed by atoms with Crippen LogP contribution in [0, 0.1) is 0 Å². The number of benzene rings is 2. The maximum atomic E-state index is 5.71. The molecule has 0 aliphatic carbocycles. The summed E-state index contributed by atoms with van der Waals surface area (Å²) in [7, 11) is 0. The molecular weight excluding hydrogens is 220 g/mol. The van der Waals surface area contributed by atoms with Crippen molar-refractivity contribution in [2.75, 3.05) is 5.73 Å². The van der Waals surface area contributed by atoms with E-state index in [1.54, 1.807) is 6.20 Å². The second-order valence-corrected chi connectivity index (χ2v) is 4.40. The predicted octanol–water partition coefficient (Wildman–Crippen LogP) is 3.41. The minimum atomic E-state index is 0.577. The molecule has 0 unspecified atom stereocenters. The fourth-order valence-electron chi connectivity index (χ4n) is 2.27. The first-order valence-electron chi connectivity index (χ1n) is 6.00. The molecule has 1 heterocycles. The molecule has 0 radical (unpaired) electrons. The molecule has 0 saturated carbocycles. The molecule has 0 fully saturated rings. The van der Waals surface area contributed by atoms with E-state index in [1.165, 1.54) is 21.9 Å². The van der Waals surface area contributed by atoms with Gasteiger partial charge in [0.15, 0.2) is 0 Å². The fraction of sp³-hybridized carbons (Fsp3) is 0.0625. The Kier molecular flexibility index (Phi) is 2.69. The van der Waals surface area contributed by atoms with Gasteiger partial charge in [-0.05, 0) is 40.5 Å². The summed E-state index contributed by atoms with van der Waals surface area (Å²) in [5.41, 5.74) is 8.23. The maximum absolute atomic E-state index is 5.71. The van der Waals surface area contributed by atoms with Crippen LogP contribution in [0.2, 0.25) is 0 Å². The lowest BCUT2D eigenvalue weighted by atomic mass is 9.99. The Morgan fingerprint density at radius 3 is 2.67 bits per heavy atom. The van der Waals surface area contributed by atoms with Crippen LogP contribution in [0.15, 0.2) is 60.8 Å². The predicted molar refractivity (Wildman–Crippen MR) is 75.4 cm³/mol. The van der Waals surface area contributed by atoms with Gasteiger partial charge in [-0.3, -0.25) is 0 Å². The van der Waals surface area contributed by atoms with Gasteiger partial charge in [0.1, 0.15) is 5.82 Å². The molecule has 2 aromatic carbocycles. The lowest BCUT2D eigenvalue weighted by molar-refractivity contribution is 1.18. The number of nitrogen functional groups attached to an aromatic ring is 1. The molecule has 3 aromatic rings. The normalized spacial score (nSPS) is 10.7. The van der Waals surface area contributed by atoms with Crippen LogP contribution in [0.5, 0.6) is 0 Å². The summed E-state index contributed by atoms with van der Waals surface area (Å²) in [5.74, 6) is 0.577. The number of pyridine rings is 1. The molecule has 88 valence electrons. The van der Waals surface area contributed by atoms with Crippen LogP contribution in [-0.2, 0) is 6.42 Å². The Labute approximate surface area is 106 Å². The fourth-order valence-corrected chi connectivity index (χ4v) is 2.27. The molecule has 0 saturated heterocycles. The van der Waals surface area contributed by atoms with Crippen molar-refractivity contribution in [2.45, 2.75) is 6.42 Å². The average molecular weight is 234 g/mol. The largest absolute Gasteiger partial charge is 0.384 e. The van der Waals surface area contributed by atoms with E-state index in [9.17, 15) is 0 Å². The molecule has 2 nitrogen and oxygen atoms in total. The third-order valence-electron chi connectivity index (χ3n) is 3.12. The van der Waals surface area contributed by atoms with Gasteiger partial charge in [0.2, 0.25) is 0 Å². The second-order valence-electron chi connectivity index (χ2n) is 4.40. The van der Waals surface area contributed by atoms with Gasteiger partial charge in [-0.15, -0.1) is 0 Å². The molecule has 3 rings (SSSR count). The first-order chi connectivity index (χ1) is 8.83. The number of rotatable bonds is 2. The Balaban J connectivity index is 2.05. The molecule has 1 aromatic heterocycles. The molecule has 0 aliphatic heterocycles. The molecule has 2 N–H and O–H groups in total. The first kappa shape index (κ1) is 10.8. The lowest BCUT2D eigenvalue weighted by Crippen LogP contribution is -1.94. The highest BCUT2D eigenvalue weighted by Crippen LogP contribution is 2.21. The van der Waals surface area contributed by atoms with Gasteiger partial charge in [0, 0.05) is 6.20 Å². The number of fused-ring (bicyclic) bond motifs is 1. The zero-order valence-electron chi connectivity index (χ0n) is 10.0. The van der Waals surface area contributed by atoms with Gasteiger partial charge in [-0.25, -0.2) is 4.98 Å². The molecule has 18 heavy (non-hydrogen) atoms. The third kappa shape index (κ3) is 2.05. The van der Waals surface area contributed by atoms with Crippen LogP contribution in [0.1, 0.15) is 11.1 Å². The number of nitrogens with zero attached hydrogens (tertiary/aromatic N) is 1. The summed E-state index contributed by atoms with van der Waals surface area (Å²) in [6.07, 6.45) is 2.64. The van der Waals surface area contributed by atoms with Crippen molar-refractivity contribution in [3.63, 3.8) is 0 Å². The van der Waals surface area contributed by atoms with E-state index in [4.69, 9.17) is 5.73 Å². The van der Waals surface area contributed by atoms with Gasteiger partial charge in [0.05, 0.1) is 0 Å². The highest BCUT2D eigenvalue weighted by atomic mass is 14.8. The zero-order chi connectivity index (χ0) is 12.4. The van der Waals surface area contributed by atoms with Crippen LogP contribution in [0.3, 0.4) is 0 Å². The number of aromatic nitrogens is 1. The smallest absolute Gasteiger partial charge is 0.123 e. The lowest BCUT2D eigenvalue weighted by Gasteiger charge is -2.07. The van der Waals surface area contributed by atoms with E-state index in [1.807, 2.05) is 12.1 Å². The van der Waals surface area contributed by atoms with Crippen molar-refractivity contribution in [3.8, 4) is 0 Å². The van der Waals surface area contributed by atoms with Crippen LogP contribution in [-0.4, -0.2) is 4.98 Å². The van der Waals surface area contributed by atoms with Gasteiger partial charge in [-0.2, -0.15) is 0 Å². The van der Waals surface area contributed by atoms with Gasteiger partial charge in [-0.1, -0.05) is 42.5 Å². The van der Waals surface area contributed by atoms with Crippen LogP contribution >= 0.6 is 0 Å². The number of nitrogens with two attached hydrogens (primary N) is 1. The van der Waals surface area contributed by atoms with Crippen molar-refractivity contribution in [3.05, 3.63) is 71.9 Å². The van der Waals surface area contributed by atoms with Crippen LogP contribution in [0.25, 0.3) is 10.8 Å². The minimum absolute atomic E-state index is 0.577. The first-order valence-corrected chi connectivity index (χ1v) is 6.00. The summed E-state index contributed by atoms with van der Waals surface area (Å²) in [6.45, 7) is 0. The molecule has 0 atom stereocenters. The summed E-state index contributed by atoms with van der Waals surface area (Å²) in [6, 6.07) is 18.8. The topological polar surface area (TPSA) is 38.9 Å². The minimum Gasteiger partial charge on any atom is -0.384 e. The molecule has 0 spiro atoms. The summed E-state index contributed by atoms with van der Waals surface area (Å²) >= 11 is 0. The number of hydrogen-bond acceptors (Lipinski definition) is 2. The van der Waals surface area contributed by atoms with E-state index in [2.05, 4.69) is 47.4 Å². The number of anilines is 1. The molecule has 0 aliphatic rings. The monoisotopic (exact) mass is 234 g/mol. The highest BCUT2D eigenvalue weighted by Gasteiger charge is 2.02. The Morgan fingerprint density at radius 2 is 1.78 bits per heavy atom. The average Bonchev–Trinajstić information content (AvgIpc) is 2.39. The van der Waals surface area contributed by atoms with Crippen molar-refractivity contribution < 1.29 is 0 Å². The SMILES string of the molecule is Nc1cc(Cc2cccc3ccccc23)ccn1. The van der Waals surface area contributed by atoms with Gasteiger partial charge in [0.25, 0.3) is 0 Å². The molecular formula is C16H14N2. The van der Waals surface area contributed by atoms with Crippen molar-refractivity contribution in [2.24, 2.45) is 0 Å². The Hall–Kier alpha value is -2.35. The summed E-state index contributed by atoms with van der Waals surface area (Å²) in [5, 5.41) is 2.58. The van der Waals surface area contributed by atoms with Crippen LogP contribution < -0.4 is 5.73 Å². The maximum Gasteiger partial charge on any atom is 0.123 e. The summed E-state index contributed by atoms with van der Waals surface area (Å²) < 4.78 is 0. The summed E-state index contributed by atoms with van der Waals surface area (Å²) in [4.78, 5) is 4.02. The van der Waals surface area contributed by atoms with E-state index in [0.717, 1.165) is 6.42 Å². The Morgan fingerprint density at radius 1 is 0.944 bits per heavy atom. The van der Waals surface area contributed by atoms with Crippen LogP contribution in [0.4, 0.5) is 5.82 Å². The van der Waals surface area contributed by atoms with E-state index >= 15 is 0 Å². The zero-order valence-corrected chi connectivity index (χ0v) is 10.0. The Bertz CT molecular complexity index is 684. The molecule has 0 amide bonds. The quantitative estimate of drug-likeness (QED) is 0.738.